The predicted octanol–water partition coefficient (Wildman–Crippen LogP) is 4.67. The summed E-state index contributed by atoms with van der Waals surface area (Å²) in [4.78, 5) is 25.3. The first-order valence-corrected chi connectivity index (χ1v) is 10.1. The minimum absolute atomic E-state index is 0.110. The number of hydrogen-bond acceptors (Lipinski definition) is 5. The van der Waals surface area contributed by atoms with Crippen LogP contribution in [0.3, 0.4) is 0 Å². The largest absolute Gasteiger partial charge is 0.322 e. The van der Waals surface area contributed by atoms with Crippen LogP contribution in [0, 0.1) is 11.7 Å². The number of thioether (sulfide) groups is 1. The second-order valence-electron chi connectivity index (χ2n) is 6.63. The van der Waals surface area contributed by atoms with Gasteiger partial charge in [-0.25, -0.2) is 4.39 Å². The lowest BCUT2D eigenvalue weighted by Crippen LogP contribution is -2.32. The number of nitrogens with zero attached hydrogens (tertiary/aromatic N) is 2. The smallest absolute Gasteiger partial charge is 0.261 e. The molecule has 1 fully saturated rings. The molecule has 0 unspecified atom stereocenters. The van der Waals surface area contributed by atoms with Crippen LogP contribution < -0.4 is 5.84 Å². The molecule has 0 aliphatic heterocycles. The maximum absolute atomic E-state index is 14.4. The second-order valence-corrected chi connectivity index (χ2v) is 8.10. The maximum atomic E-state index is 14.4. The summed E-state index contributed by atoms with van der Waals surface area (Å²) < 4.78 is 14.4. The second kappa shape index (κ2) is 9.24. The van der Waals surface area contributed by atoms with E-state index in [9.17, 15) is 14.0 Å². The number of halogens is 2. The van der Waals surface area contributed by atoms with Crippen molar-refractivity contribution in [3.63, 3.8) is 0 Å². The molecule has 2 aromatic carbocycles. The van der Waals surface area contributed by atoms with Gasteiger partial charge in [-0.1, -0.05) is 60.3 Å². The van der Waals surface area contributed by atoms with E-state index in [1.807, 2.05) is 0 Å². The van der Waals surface area contributed by atoms with Gasteiger partial charge >= 0.3 is 0 Å². The lowest BCUT2D eigenvalue weighted by atomic mass is 10.2. The fourth-order valence-electron chi connectivity index (χ4n) is 2.70. The number of carbonyl (C=O) groups is 2. The van der Waals surface area contributed by atoms with E-state index in [0.717, 1.165) is 30.9 Å². The summed E-state index contributed by atoms with van der Waals surface area (Å²) in [6.07, 6.45) is 2.75. The van der Waals surface area contributed by atoms with Crippen molar-refractivity contribution in [3.05, 3.63) is 81.6 Å². The van der Waals surface area contributed by atoms with Gasteiger partial charge in [0.1, 0.15) is 11.3 Å². The third-order valence-electron chi connectivity index (χ3n) is 4.49. The molecule has 0 spiro atoms. The molecule has 0 atom stereocenters. The molecular formula is C21H19ClFN3O2S. The molecule has 1 amide bonds. The summed E-state index contributed by atoms with van der Waals surface area (Å²) in [7, 11) is 0. The number of nitrogens with two attached hydrogens (primary N) is 1. The highest BCUT2D eigenvalue weighted by Crippen LogP contribution is 2.34. The Balaban J connectivity index is 1.83. The maximum Gasteiger partial charge on any atom is 0.261 e. The highest BCUT2D eigenvalue weighted by Gasteiger charge is 2.31. The number of benzene rings is 2. The van der Waals surface area contributed by atoms with Crippen LogP contribution in [0.15, 0.2) is 59.2 Å². The predicted molar refractivity (Wildman–Crippen MR) is 114 cm³/mol. The number of rotatable bonds is 7. The van der Waals surface area contributed by atoms with Crippen molar-refractivity contribution >= 4 is 40.6 Å². The van der Waals surface area contributed by atoms with Gasteiger partial charge in [-0.15, -0.1) is 0 Å². The van der Waals surface area contributed by atoms with Crippen LogP contribution in [-0.2, 0) is 0 Å². The minimum atomic E-state index is -0.755. The van der Waals surface area contributed by atoms with Gasteiger partial charge in [0.15, 0.2) is 5.82 Å². The van der Waals surface area contributed by atoms with E-state index in [1.165, 1.54) is 23.1 Å². The average Bonchev–Trinajstić information content (AvgIpc) is 3.56. The Morgan fingerprint density at radius 2 is 2.00 bits per heavy atom. The van der Waals surface area contributed by atoms with E-state index < -0.39 is 11.7 Å². The lowest BCUT2D eigenvalue weighted by molar-refractivity contribution is 0.0807. The highest BCUT2D eigenvalue weighted by atomic mass is 35.5. The van der Waals surface area contributed by atoms with Gasteiger partial charge < -0.3 is 10.7 Å². The van der Waals surface area contributed by atoms with Gasteiger partial charge in [0.25, 0.3) is 5.91 Å². The van der Waals surface area contributed by atoms with E-state index >= 15 is 0 Å². The molecule has 0 heterocycles. The topological polar surface area (TPSA) is 75.8 Å². The van der Waals surface area contributed by atoms with Crippen molar-refractivity contribution in [2.24, 2.45) is 16.9 Å². The molecule has 5 nitrogen and oxygen atoms in total. The van der Waals surface area contributed by atoms with Gasteiger partial charge in [-0.3, -0.25) is 9.59 Å². The summed E-state index contributed by atoms with van der Waals surface area (Å²) in [6, 6.07) is 11.0. The Hall–Kier alpha value is -2.64. The van der Waals surface area contributed by atoms with E-state index in [0.29, 0.717) is 33.7 Å². The molecule has 8 heteroatoms. The highest BCUT2D eigenvalue weighted by molar-refractivity contribution is 8.17. The zero-order valence-corrected chi connectivity index (χ0v) is 17.0. The molecule has 0 bridgehead atoms. The van der Waals surface area contributed by atoms with Crippen LogP contribution >= 0.6 is 23.4 Å². The summed E-state index contributed by atoms with van der Waals surface area (Å²) >= 11 is 6.95. The molecule has 1 aliphatic carbocycles. The molecule has 0 radical (unpaired) electrons. The quantitative estimate of drug-likeness (QED) is 0.227. The minimum Gasteiger partial charge on any atom is -0.322 e. The van der Waals surface area contributed by atoms with E-state index in [-0.39, 0.29) is 10.6 Å². The monoisotopic (exact) mass is 431 g/mol. The van der Waals surface area contributed by atoms with E-state index in [4.69, 9.17) is 17.4 Å². The number of hydrogen-bond donors (Lipinski definition) is 1. The Bertz CT molecular complexity index is 974. The van der Waals surface area contributed by atoms with Crippen molar-refractivity contribution in [2.45, 2.75) is 12.8 Å². The van der Waals surface area contributed by atoms with Crippen molar-refractivity contribution in [2.75, 3.05) is 6.54 Å². The first-order valence-electron chi connectivity index (χ1n) is 8.90. The molecule has 150 valence electrons. The molecular weight excluding hydrogens is 413 g/mol. The van der Waals surface area contributed by atoms with Crippen molar-refractivity contribution in [1.29, 1.82) is 0 Å². The summed E-state index contributed by atoms with van der Waals surface area (Å²) in [5.74, 6) is 4.63. The molecule has 1 saturated carbocycles. The Labute approximate surface area is 177 Å². The van der Waals surface area contributed by atoms with E-state index in [2.05, 4.69) is 11.7 Å². The summed E-state index contributed by atoms with van der Waals surface area (Å²) in [6.45, 7) is 4.43. The molecule has 1 aliphatic rings. The first-order chi connectivity index (χ1) is 13.9. The number of aldehydes is 1. The number of amides is 1. The number of carbonyl (C=O) groups excluding carboxylic acids is 2. The lowest BCUT2D eigenvalue weighted by Gasteiger charge is -2.25. The summed E-state index contributed by atoms with van der Waals surface area (Å²) in [5, 5.41) is 4.48. The Kier molecular flexibility index (Phi) is 6.71. The van der Waals surface area contributed by atoms with Crippen LogP contribution in [0.25, 0.3) is 0 Å². The SMILES string of the molecule is C=C(S/C(=N\N)c1ccc(C=O)cc1)N(CC1CC1)C(=O)c1cccc(Cl)c1F. The van der Waals surface area contributed by atoms with Crippen LogP contribution in [0.2, 0.25) is 5.02 Å². The van der Waals surface area contributed by atoms with Gasteiger partial charge in [0.05, 0.1) is 15.6 Å². The standard InChI is InChI=1S/C21H19ClFN3O2S/c1-13(29-20(25-24)16-9-7-15(12-27)8-10-16)26(11-14-5-6-14)21(28)17-3-2-4-18(22)19(17)23/h2-4,7-10,12,14H,1,5-6,11,24H2/b25-20-. The third kappa shape index (κ3) is 5.05. The van der Waals surface area contributed by atoms with Crippen molar-refractivity contribution in [3.8, 4) is 0 Å². The van der Waals surface area contributed by atoms with E-state index in [1.54, 1.807) is 24.3 Å². The van der Waals surface area contributed by atoms with Gasteiger partial charge in [-0.05, 0) is 30.9 Å². The molecule has 29 heavy (non-hydrogen) atoms. The van der Waals surface area contributed by atoms with Crippen LogP contribution in [0.1, 0.15) is 39.1 Å². The average molecular weight is 432 g/mol. The third-order valence-corrected chi connectivity index (χ3v) is 5.77. The van der Waals surface area contributed by atoms with Crippen molar-refractivity contribution < 1.29 is 14.0 Å². The van der Waals surface area contributed by atoms with Gasteiger partial charge in [-0.2, -0.15) is 5.10 Å². The molecule has 2 aromatic rings. The Morgan fingerprint density at radius 1 is 1.31 bits per heavy atom. The fourth-order valence-corrected chi connectivity index (χ4v) is 3.67. The Morgan fingerprint density at radius 3 is 2.59 bits per heavy atom. The van der Waals surface area contributed by atoms with Crippen LogP contribution in [0.5, 0.6) is 0 Å². The number of hydrazone groups is 1. The molecule has 2 N–H and O–H groups in total. The van der Waals surface area contributed by atoms with Gasteiger partial charge in [0, 0.05) is 17.7 Å². The van der Waals surface area contributed by atoms with Crippen LogP contribution in [-0.4, -0.2) is 28.7 Å². The molecule has 0 aromatic heterocycles. The first kappa shape index (κ1) is 21.1. The van der Waals surface area contributed by atoms with Gasteiger partial charge in [0.2, 0.25) is 0 Å². The zero-order chi connectivity index (χ0) is 21.0. The molecule has 0 saturated heterocycles. The zero-order valence-electron chi connectivity index (χ0n) is 15.5. The molecule has 3 rings (SSSR count). The normalized spacial score (nSPS) is 13.8. The summed E-state index contributed by atoms with van der Waals surface area (Å²) in [5.41, 5.74) is 1.09. The fraction of sp³-hybridized carbons (Fsp3) is 0.190. The van der Waals surface area contributed by atoms with Crippen molar-refractivity contribution in [1.82, 2.24) is 4.90 Å². The van der Waals surface area contributed by atoms with Crippen LogP contribution in [0.4, 0.5) is 4.39 Å².